The number of hydrogen-bond acceptors (Lipinski definition) is 8. The summed E-state index contributed by atoms with van der Waals surface area (Å²) in [6.07, 6.45) is 5.35. The zero-order valence-corrected chi connectivity index (χ0v) is 23.6. The lowest BCUT2D eigenvalue weighted by Crippen LogP contribution is -2.58. The number of aromatic nitrogens is 3. The number of amides is 3. The second kappa shape index (κ2) is 15.4. The summed E-state index contributed by atoms with van der Waals surface area (Å²) in [4.78, 5) is 65.1. The standard InChI is InChI=1S/C26H36N10O5S/c27-17(9-15-11-30-13-33-15)22(37)34-19(6-3-7-31-26(28)29)23(38)35-20(24(39)36-21(12-42)25(40)41)8-14-10-32-18-5-2-1-4-16(14)18/h1-2,4-5,10-11,13,17,19-21,32,42H,3,6-9,12,27H2,(H,30,33)(H,34,37)(H,35,38)(H,36,39)(H,40,41)(H4,28,29,31). The summed E-state index contributed by atoms with van der Waals surface area (Å²) >= 11 is 4.01. The van der Waals surface area contributed by atoms with Crippen LogP contribution < -0.4 is 33.2 Å². The number of carboxylic acids is 1. The lowest BCUT2D eigenvalue weighted by molar-refractivity contribution is -0.141. The Bertz CT molecular complexity index is 1390. The van der Waals surface area contributed by atoms with Crippen LogP contribution in [0.5, 0.6) is 0 Å². The van der Waals surface area contributed by atoms with Gasteiger partial charge in [0.2, 0.25) is 17.7 Å². The number of carbonyl (C=O) groups is 4. The molecular formula is C26H36N10O5S. The maximum absolute atomic E-state index is 13.6. The molecule has 0 spiro atoms. The van der Waals surface area contributed by atoms with E-state index in [0.29, 0.717) is 12.1 Å². The molecule has 15 nitrogen and oxygen atoms in total. The lowest BCUT2D eigenvalue weighted by atomic mass is 10.0. The molecular weight excluding hydrogens is 564 g/mol. The summed E-state index contributed by atoms with van der Waals surface area (Å²) in [7, 11) is 0. The molecule has 0 fully saturated rings. The number of hydrogen-bond donors (Lipinski definition) is 10. The fourth-order valence-corrected chi connectivity index (χ4v) is 4.48. The largest absolute Gasteiger partial charge is 0.480 e. The number of benzene rings is 1. The van der Waals surface area contributed by atoms with Crippen LogP contribution in [0.15, 0.2) is 48.0 Å². The predicted octanol–water partition coefficient (Wildman–Crippen LogP) is -1.47. The summed E-state index contributed by atoms with van der Waals surface area (Å²) < 4.78 is 0. The van der Waals surface area contributed by atoms with Crippen molar-refractivity contribution in [2.24, 2.45) is 22.2 Å². The van der Waals surface area contributed by atoms with Crippen LogP contribution in [0.2, 0.25) is 0 Å². The number of nitrogens with zero attached hydrogens (tertiary/aromatic N) is 2. The van der Waals surface area contributed by atoms with Crippen LogP contribution in [0, 0.1) is 0 Å². The highest BCUT2D eigenvalue weighted by atomic mass is 32.1. The van der Waals surface area contributed by atoms with Crippen molar-refractivity contribution >= 4 is 53.2 Å². The highest BCUT2D eigenvalue weighted by Gasteiger charge is 2.30. The van der Waals surface area contributed by atoms with Gasteiger partial charge in [-0.2, -0.15) is 12.6 Å². The van der Waals surface area contributed by atoms with Crippen molar-refractivity contribution in [3.8, 4) is 0 Å². The van der Waals surface area contributed by atoms with Crippen LogP contribution in [0.1, 0.15) is 24.1 Å². The fourth-order valence-electron chi connectivity index (χ4n) is 4.24. The third-order valence-electron chi connectivity index (χ3n) is 6.44. The van der Waals surface area contributed by atoms with E-state index in [2.05, 4.69) is 48.5 Å². The number of rotatable bonds is 16. The zero-order chi connectivity index (χ0) is 30.6. The van der Waals surface area contributed by atoms with E-state index in [1.807, 2.05) is 24.3 Å². The molecule has 0 aliphatic heterocycles. The Labute approximate surface area is 246 Å². The SMILES string of the molecule is NC(N)=NCCCC(NC(=O)C(N)Cc1cnc[nH]1)C(=O)NC(Cc1c[nH]c2ccccc12)C(=O)NC(CS)C(=O)O. The first kappa shape index (κ1) is 32.0. The smallest absolute Gasteiger partial charge is 0.327 e. The van der Waals surface area contributed by atoms with Gasteiger partial charge in [0.05, 0.1) is 12.4 Å². The highest BCUT2D eigenvalue weighted by molar-refractivity contribution is 7.80. The van der Waals surface area contributed by atoms with Crippen molar-refractivity contribution < 1.29 is 24.3 Å². The minimum atomic E-state index is -1.28. The molecule has 42 heavy (non-hydrogen) atoms. The number of guanidine groups is 1. The lowest BCUT2D eigenvalue weighted by Gasteiger charge is -2.25. The second-order valence-corrected chi connectivity index (χ2v) is 9.97. The molecule has 2 aromatic heterocycles. The molecule has 12 N–H and O–H groups in total. The van der Waals surface area contributed by atoms with E-state index >= 15 is 0 Å². The van der Waals surface area contributed by atoms with Gasteiger partial charge in [0.25, 0.3) is 0 Å². The summed E-state index contributed by atoms with van der Waals surface area (Å²) in [5.74, 6) is -3.53. The number of nitrogens with one attached hydrogen (secondary N) is 5. The van der Waals surface area contributed by atoms with Crippen molar-refractivity contribution in [1.82, 2.24) is 30.9 Å². The van der Waals surface area contributed by atoms with Crippen LogP contribution in [0.4, 0.5) is 0 Å². The number of H-pyrrole nitrogens is 2. The summed E-state index contributed by atoms with van der Waals surface area (Å²) in [5.41, 5.74) is 19.0. The van der Waals surface area contributed by atoms with Gasteiger partial charge in [0.15, 0.2) is 5.96 Å². The summed E-state index contributed by atoms with van der Waals surface area (Å²) in [6.45, 7) is 0.198. The summed E-state index contributed by atoms with van der Waals surface area (Å²) in [6, 6.07) is 2.86. The van der Waals surface area contributed by atoms with Crippen molar-refractivity contribution in [1.29, 1.82) is 0 Å². The molecule has 4 atom stereocenters. The number of imidazole rings is 1. The molecule has 0 bridgehead atoms. The number of thiol groups is 1. The first-order valence-electron chi connectivity index (χ1n) is 13.2. The monoisotopic (exact) mass is 600 g/mol. The van der Waals surface area contributed by atoms with Crippen LogP contribution in [0.25, 0.3) is 10.9 Å². The van der Waals surface area contributed by atoms with Crippen LogP contribution in [-0.2, 0) is 32.0 Å². The van der Waals surface area contributed by atoms with Gasteiger partial charge in [0, 0.05) is 54.1 Å². The first-order chi connectivity index (χ1) is 20.1. The van der Waals surface area contributed by atoms with Crippen molar-refractivity contribution in [2.45, 2.75) is 49.9 Å². The van der Waals surface area contributed by atoms with Crippen molar-refractivity contribution in [3.05, 3.63) is 54.2 Å². The fraction of sp³-hybridized carbons (Fsp3) is 0.385. The average Bonchev–Trinajstić information content (AvgIpc) is 3.62. The molecule has 0 aliphatic rings. The van der Waals surface area contributed by atoms with E-state index < -0.39 is 47.9 Å². The van der Waals surface area contributed by atoms with Gasteiger partial charge in [-0.1, -0.05) is 18.2 Å². The number of fused-ring (bicyclic) bond motifs is 1. The molecule has 16 heteroatoms. The van der Waals surface area contributed by atoms with E-state index in [9.17, 15) is 24.3 Å². The molecule has 2 heterocycles. The molecule has 1 aromatic carbocycles. The molecule has 0 aliphatic carbocycles. The number of aromatic amines is 2. The van der Waals surface area contributed by atoms with E-state index in [1.165, 1.54) is 12.5 Å². The third kappa shape index (κ3) is 9.24. The molecule has 0 saturated carbocycles. The number of aliphatic imine (C=N–C) groups is 1. The molecule has 3 amide bonds. The number of para-hydroxylation sites is 1. The number of nitrogens with two attached hydrogens (primary N) is 3. The van der Waals surface area contributed by atoms with Crippen LogP contribution in [-0.4, -0.2) is 86.2 Å². The maximum Gasteiger partial charge on any atom is 0.327 e. The Hall–Kier alpha value is -4.57. The zero-order valence-electron chi connectivity index (χ0n) is 22.7. The van der Waals surface area contributed by atoms with Gasteiger partial charge in [0.1, 0.15) is 18.1 Å². The molecule has 3 rings (SSSR count). The number of carboxylic acid groups (broad SMARTS) is 1. The highest BCUT2D eigenvalue weighted by Crippen LogP contribution is 2.19. The van der Waals surface area contributed by atoms with Gasteiger partial charge in [-0.3, -0.25) is 19.4 Å². The normalized spacial score (nSPS) is 13.9. The minimum absolute atomic E-state index is 0.0362. The number of carbonyl (C=O) groups excluding carboxylic acids is 3. The van der Waals surface area contributed by atoms with Crippen molar-refractivity contribution in [3.63, 3.8) is 0 Å². The Balaban J connectivity index is 1.81. The number of aliphatic carboxylic acids is 1. The Morgan fingerprint density at radius 2 is 1.67 bits per heavy atom. The van der Waals surface area contributed by atoms with E-state index in [0.717, 1.165) is 16.5 Å². The quantitative estimate of drug-likeness (QED) is 0.0397. The van der Waals surface area contributed by atoms with Gasteiger partial charge in [-0.05, 0) is 24.5 Å². The molecule has 0 saturated heterocycles. The average molecular weight is 601 g/mol. The molecule has 0 radical (unpaired) electrons. The Morgan fingerprint density at radius 1 is 0.976 bits per heavy atom. The molecule has 3 aromatic rings. The summed E-state index contributed by atoms with van der Waals surface area (Å²) in [5, 5.41) is 18.0. The Morgan fingerprint density at radius 3 is 2.33 bits per heavy atom. The van der Waals surface area contributed by atoms with Gasteiger partial charge >= 0.3 is 5.97 Å². The van der Waals surface area contributed by atoms with E-state index in [4.69, 9.17) is 17.2 Å². The molecule has 4 unspecified atom stereocenters. The topological polar surface area (TPSA) is 259 Å². The van der Waals surface area contributed by atoms with Gasteiger partial charge < -0.3 is 48.2 Å². The Kier molecular flexibility index (Phi) is 11.7. The predicted molar refractivity (Wildman–Crippen MR) is 159 cm³/mol. The first-order valence-corrected chi connectivity index (χ1v) is 13.8. The minimum Gasteiger partial charge on any atom is -0.480 e. The van der Waals surface area contributed by atoms with E-state index in [-0.39, 0.29) is 37.5 Å². The van der Waals surface area contributed by atoms with Crippen LogP contribution >= 0.6 is 12.6 Å². The van der Waals surface area contributed by atoms with Crippen LogP contribution in [0.3, 0.4) is 0 Å². The van der Waals surface area contributed by atoms with E-state index in [1.54, 1.807) is 6.20 Å². The van der Waals surface area contributed by atoms with Crippen molar-refractivity contribution in [2.75, 3.05) is 12.3 Å². The maximum atomic E-state index is 13.6. The van der Waals surface area contributed by atoms with Gasteiger partial charge in [-0.25, -0.2) is 9.78 Å². The second-order valence-electron chi connectivity index (χ2n) is 9.60. The molecule has 226 valence electrons. The van der Waals surface area contributed by atoms with Gasteiger partial charge in [-0.15, -0.1) is 0 Å². The third-order valence-corrected chi connectivity index (χ3v) is 6.80.